The van der Waals surface area contributed by atoms with Crippen molar-refractivity contribution in [1.82, 2.24) is 10.0 Å². The van der Waals surface area contributed by atoms with E-state index in [0.717, 1.165) is 0 Å². The van der Waals surface area contributed by atoms with Crippen LogP contribution in [0.15, 0.2) is 48.5 Å². The topological polar surface area (TPSA) is 130 Å². The summed E-state index contributed by atoms with van der Waals surface area (Å²) in [5, 5.41) is 15.9. The van der Waals surface area contributed by atoms with Crippen LogP contribution < -0.4 is 15.4 Å². The van der Waals surface area contributed by atoms with E-state index in [0.29, 0.717) is 11.1 Å². The summed E-state index contributed by atoms with van der Waals surface area (Å²) in [5.74, 6) is -0.199. The third-order valence-corrected chi connectivity index (χ3v) is 5.15. The number of hydrogen-bond acceptors (Lipinski definition) is 5. The van der Waals surface area contributed by atoms with E-state index < -0.39 is 21.0 Å². The van der Waals surface area contributed by atoms with E-state index in [4.69, 9.17) is 0 Å². The number of urea groups is 1. The number of non-ortho nitro benzene ring substituents is 1. The minimum absolute atomic E-state index is 0.105. The van der Waals surface area contributed by atoms with Gasteiger partial charge in [0, 0.05) is 30.4 Å². The molecule has 0 saturated heterocycles. The molecule has 2 aromatic carbocycles. The third kappa shape index (κ3) is 6.63. The average molecular weight is 406 g/mol. The van der Waals surface area contributed by atoms with Crippen molar-refractivity contribution in [3.05, 3.63) is 69.8 Å². The van der Waals surface area contributed by atoms with Crippen LogP contribution in [0.2, 0.25) is 0 Å². The second-order valence-electron chi connectivity index (χ2n) is 6.42. The molecule has 10 heteroatoms. The van der Waals surface area contributed by atoms with Crippen molar-refractivity contribution in [1.29, 1.82) is 0 Å². The Balaban J connectivity index is 2.02. The van der Waals surface area contributed by atoms with E-state index in [1.807, 2.05) is 0 Å². The van der Waals surface area contributed by atoms with Crippen LogP contribution in [0.3, 0.4) is 0 Å². The number of rotatable bonds is 8. The number of carbonyl (C=O) groups excluding carboxylic acids is 1. The number of hydrogen-bond donors (Lipinski definition) is 3. The smallest absolute Gasteiger partial charge is 0.319 e. The van der Waals surface area contributed by atoms with Gasteiger partial charge in [0.2, 0.25) is 10.0 Å². The fourth-order valence-electron chi connectivity index (χ4n) is 2.52. The number of benzene rings is 2. The molecule has 0 aromatic heterocycles. The third-order valence-electron chi connectivity index (χ3n) is 3.63. The molecule has 0 saturated carbocycles. The lowest BCUT2D eigenvalue weighted by Crippen LogP contribution is -2.32. The van der Waals surface area contributed by atoms with Gasteiger partial charge in [-0.15, -0.1) is 0 Å². The Kier molecular flexibility index (Phi) is 7.07. The number of nitro groups is 1. The molecule has 28 heavy (non-hydrogen) atoms. The maximum atomic E-state index is 12.2. The number of nitrogens with zero attached hydrogens (tertiary/aromatic N) is 1. The quantitative estimate of drug-likeness (QED) is 0.458. The van der Waals surface area contributed by atoms with Crippen molar-refractivity contribution >= 4 is 27.4 Å². The van der Waals surface area contributed by atoms with Gasteiger partial charge in [0.15, 0.2) is 0 Å². The first-order valence-corrected chi connectivity index (χ1v) is 10.2. The monoisotopic (exact) mass is 406 g/mol. The van der Waals surface area contributed by atoms with Crippen molar-refractivity contribution in [2.75, 3.05) is 5.32 Å². The molecule has 0 heterocycles. The van der Waals surface area contributed by atoms with E-state index >= 15 is 0 Å². The predicted molar refractivity (Wildman–Crippen MR) is 106 cm³/mol. The van der Waals surface area contributed by atoms with Gasteiger partial charge >= 0.3 is 6.03 Å². The zero-order valence-electron chi connectivity index (χ0n) is 15.5. The number of nitrogens with one attached hydrogen (secondary N) is 3. The Morgan fingerprint density at radius 1 is 1.11 bits per heavy atom. The highest BCUT2D eigenvalue weighted by Gasteiger charge is 2.15. The van der Waals surface area contributed by atoms with Gasteiger partial charge in [0.25, 0.3) is 5.69 Å². The Hall–Kier alpha value is -2.98. The highest BCUT2D eigenvalue weighted by atomic mass is 32.2. The number of amides is 2. The van der Waals surface area contributed by atoms with E-state index in [2.05, 4.69) is 15.4 Å². The van der Waals surface area contributed by atoms with E-state index in [9.17, 15) is 23.3 Å². The summed E-state index contributed by atoms with van der Waals surface area (Å²) in [6.45, 7) is 3.58. The number of sulfonamides is 1. The van der Waals surface area contributed by atoms with Gasteiger partial charge < -0.3 is 10.6 Å². The molecular weight excluding hydrogens is 384 g/mol. The van der Waals surface area contributed by atoms with Gasteiger partial charge in [0.1, 0.15) is 0 Å². The van der Waals surface area contributed by atoms with Crippen LogP contribution in [0.1, 0.15) is 25.0 Å². The molecule has 2 amide bonds. The molecule has 9 nitrogen and oxygen atoms in total. The molecule has 0 aliphatic heterocycles. The molecular formula is C18H22N4O5S. The van der Waals surface area contributed by atoms with Crippen molar-refractivity contribution in [3.63, 3.8) is 0 Å². The predicted octanol–water partition coefficient (Wildman–Crippen LogP) is 2.74. The lowest BCUT2D eigenvalue weighted by atomic mass is 10.1. The molecule has 0 bridgehead atoms. The van der Waals surface area contributed by atoms with Crippen LogP contribution in [0.5, 0.6) is 0 Å². The molecule has 0 radical (unpaired) electrons. The van der Waals surface area contributed by atoms with Crippen molar-refractivity contribution < 1.29 is 18.1 Å². The first-order chi connectivity index (χ1) is 13.2. The van der Waals surface area contributed by atoms with Crippen LogP contribution in [-0.2, 0) is 22.3 Å². The fraction of sp³-hybridized carbons (Fsp3) is 0.278. The minimum atomic E-state index is -3.50. The number of anilines is 1. The zero-order valence-corrected chi connectivity index (χ0v) is 16.3. The highest BCUT2D eigenvalue weighted by molar-refractivity contribution is 7.88. The molecule has 0 fully saturated rings. The highest BCUT2D eigenvalue weighted by Crippen LogP contribution is 2.17. The summed E-state index contributed by atoms with van der Waals surface area (Å²) in [6.07, 6.45) is 0. The van der Waals surface area contributed by atoms with E-state index in [-0.39, 0.29) is 29.7 Å². The van der Waals surface area contributed by atoms with Gasteiger partial charge in [-0.3, -0.25) is 10.1 Å². The first kappa shape index (κ1) is 21.3. The second kappa shape index (κ2) is 9.29. The van der Waals surface area contributed by atoms with Crippen LogP contribution in [0.25, 0.3) is 0 Å². The van der Waals surface area contributed by atoms with Crippen LogP contribution >= 0.6 is 0 Å². The Morgan fingerprint density at radius 2 is 1.79 bits per heavy atom. The van der Waals surface area contributed by atoms with Gasteiger partial charge in [-0.25, -0.2) is 17.9 Å². The number of carbonyl (C=O) groups is 1. The maximum absolute atomic E-state index is 12.2. The Morgan fingerprint density at radius 3 is 2.43 bits per heavy atom. The maximum Gasteiger partial charge on any atom is 0.319 e. The lowest BCUT2D eigenvalue weighted by Gasteiger charge is -2.13. The van der Waals surface area contributed by atoms with Crippen molar-refractivity contribution in [2.24, 2.45) is 0 Å². The molecule has 0 atom stereocenters. The van der Waals surface area contributed by atoms with E-state index in [1.165, 1.54) is 24.3 Å². The summed E-state index contributed by atoms with van der Waals surface area (Å²) >= 11 is 0. The standard InChI is InChI=1S/C18H22N4O5S/c1-13(2)21-28(26,27)12-15-7-4-3-6-14(15)11-19-18(23)20-16-8-5-9-17(10-16)22(24)25/h3-10,13,21H,11-12H2,1-2H3,(H2,19,20,23). The van der Waals surface area contributed by atoms with Gasteiger partial charge in [-0.1, -0.05) is 30.3 Å². The Labute approximate surface area is 163 Å². The molecule has 0 aliphatic carbocycles. The first-order valence-electron chi connectivity index (χ1n) is 8.52. The van der Waals surface area contributed by atoms with Crippen molar-refractivity contribution in [3.8, 4) is 0 Å². The summed E-state index contributed by atoms with van der Waals surface area (Å²) in [6, 6.07) is 11.7. The number of nitro benzene ring substituents is 1. The molecule has 0 aliphatic rings. The molecule has 2 rings (SSSR count). The fourth-order valence-corrected chi connectivity index (χ4v) is 4.02. The largest absolute Gasteiger partial charge is 0.334 e. The average Bonchev–Trinajstić information content (AvgIpc) is 2.59. The van der Waals surface area contributed by atoms with Crippen LogP contribution in [-0.4, -0.2) is 25.4 Å². The van der Waals surface area contributed by atoms with Crippen molar-refractivity contribution in [2.45, 2.75) is 32.2 Å². The Bertz CT molecular complexity index is 960. The summed E-state index contributed by atoms with van der Waals surface area (Å²) in [7, 11) is -3.50. The van der Waals surface area contributed by atoms with Crippen LogP contribution in [0, 0.1) is 10.1 Å². The molecule has 150 valence electrons. The molecule has 0 unspecified atom stereocenters. The van der Waals surface area contributed by atoms with Crippen LogP contribution in [0.4, 0.5) is 16.2 Å². The lowest BCUT2D eigenvalue weighted by molar-refractivity contribution is -0.384. The molecule has 3 N–H and O–H groups in total. The summed E-state index contributed by atoms with van der Waals surface area (Å²) in [4.78, 5) is 22.3. The minimum Gasteiger partial charge on any atom is -0.334 e. The summed E-state index contributed by atoms with van der Waals surface area (Å²) in [5.41, 5.74) is 1.38. The van der Waals surface area contributed by atoms with E-state index in [1.54, 1.807) is 38.1 Å². The van der Waals surface area contributed by atoms with Gasteiger partial charge in [-0.05, 0) is 31.0 Å². The normalized spacial score (nSPS) is 11.2. The SMILES string of the molecule is CC(C)NS(=O)(=O)Cc1ccccc1CNC(=O)Nc1cccc([N+](=O)[O-])c1. The zero-order chi connectivity index (χ0) is 20.7. The van der Waals surface area contributed by atoms with Gasteiger partial charge in [0.05, 0.1) is 10.7 Å². The van der Waals surface area contributed by atoms with Gasteiger partial charge in [-0.2, -0.15) is 0 Å². The molecule has 2 aromatic rings. The summed E-state index contributed by atoms with van der Waals surface area (Å²) < 4.78 is 26.9. The molecule has 0 spiro atoms. The second-order valence-corrected chi connectivity index (χ2v) is 8.17.